The maximum Gasteiger partial charge on any atom is 0.337 e. The quantitative estimate of drug-likeness (QED) is 0.675. The average Bonchev–Trinajstić information content (AvgIpc) is 2.46. The molecular formula is C13H9N3O4. The van der Waals surface area contributed by atoms with E-state index in [1.807, 2.05) is 0 Å². The maximum atomic E-state index is 10.7. The molecule has 0 fully saturated rings. The van der Waals surface area contributed by atoms with E-state index in [1.54, 1.807) is 18.2 Å². The van der Waals surface area contributed by atoms with Crippen molar-refractivity contribution < 1.29 is 14.8 Å². The van der Waals surface area contributed by atoms with Crippen molar-refractivity contribution in [1.82, 2.24) is 9.97 Å². The van der Waals surface area contributed by atoms with Gasteiger partial charge in [0.2, 0.25) is 0 Å². The molecule has 0 bridgehead atoms. The molecule has 0 amide bonds. The molecule has 1 N–H and O–H groups in total. The molecule has 0 aliphatic carbocycles. The van der Waals surface area contributed by atoms with Gasteiger partial charge in [0.05, 0.1) is 21.9 Å². The topological polar surface area (TPSA) is 106 Å². The molecule has 0 saturated heterocycles. The van der Waals surface area contributed by atoms with Gasteiger partial charge in [0, 0.05) is 12.3 Å². The van der Waals surface area contributed by atoms with Gasteiger partial charge in [-0.3, -0.25) is 15.1 Å². The first-order chi connectivity index (χ1) is 9.56. The van der Waals surface area contributed by atoms with Gasteiger partial charge in [0.1, 0.15) is 6.20 Å². The van der Waals surface area contributed by atoms with Crippen molar-refractivity contribution in [2.45, 2.75) is 0 Å². The van der Waals surface area contributed by atoms with Crippen LogP contribution in [0.25, 0.3) is 12.2 Å². The molecule has 100 valence electrons. The second kappa shape index (κ2) is 5.70. The first-order valence-corrected chi connectivity index (χ1v) is 5.54. The first kappa shape index (κ1) is 13.3. The Kier molecular flexibility index (Phi) is 3.80. The summed E-state index contributed by atoms with van der Waals surface area (Å²) in [5.41, 5.74) is 1.14. The Morgan fingerprint density at radius 3 is 2.10 bits per heavy atom. The van der Waals surface area contributed by atoms with E-state index < -0.39 is 10.9 Å². The monoisotopic (exact) mass is 271 g/mol. The van der Waals surface area contributed by atoms with Gasteiger partial charge in [-0.2, -0.15) is 0 Å². The van der Waals surface area contributed by atoms with Crippen LogP contribution in [0.2, 0.25) is 0 Å². The predicted molar refractivity (Wildman–Crippen MR) is 71.0 cm³/mol. The van der Waals surface area contributed by atoms with Crippen molar-refractivity contribution in [1.29, 1.82) is 0 Å². The summed E-state index contributed by atoms with van der Waals surface area (Å²) in [5.74, 6) is -1.04. The molecule has 2 aromatic rings. The number of aromatic carboxylic acids is 1. The second-order valence-electron chi connectivity index (χ2n) is 3.81. The molecule has 0 atom stereocenters. The van der Waals surface area contributed by atoms with E-state index in [2.05, 4.69) is 9.97 Å². The molecule has 0 aliphatic rings. The minimum atomic E-state index is -1.04. The Morgan fingerprint density at radius 2 is 1.70 bits per heavy atom. The Labute approximate surface area is 113 Å². The second-order valence-corrected chi connectivity index (χ2v) is 3.81. The van der Waals surface area contributed by atoms with Crippen LogP contribution in [0.1, 0.15) is 21.7 Å². The van der Waals surface area contributed by atoms with Gasteiger partial charge in [-0.15, -0.1) is 0 Å². The number of carbonyl (C=O) groups is 1. The largest absolute Gasteiger partial charge is 0.478 e. The van der Waals surface area contributed by atoms with Gasteiger partial charge in [-0.1, -0.05) is 0 Å². The van der Waals surface area contributed by atoms with Crippen LogP contribution >= 0.6 is 0 Å². The molecule has 20 heavy (non-hydrogen) atoms. The fraction of sp³-hybridized carbons (Fsp3) is 0. The minimum Gasteiger partial charge on any atom is -0.478 e. The van der Waals surface area contributed by atoms with E-state index >= 15 is 0 Å². The van der Waals surface area contributed by atoms with Crippen molar-refractivity contribution >= 4 is 23.8 Å². The number of carboxylic acid groups (broad SMARTS) is 1. The van der Waals surface area contributed by atoms with Gasteiger partial charge in [0.25, 0.3) is 5.69 Å². The summed E-state index contributed by atoms with van der Waals surface area (Å²) in [5, 5.41) is 19.2. The molecule has 2 heterocycles. The van der Waals surface area contributed by atoms with E-state index in [0.717, 1.165) is 0 Å². The van der Waals surface area contributed by atoms with Crippen LogP contribution in [0, 0.1) is 10.1 Å². The Hall–Kier alpha value is -3.09. The summed E-state index contributed by atoms with van der Waals surface area (Å²) in [6.07, 6.45) is 5.69. The van der Waals surface area contributed by atoms with Crippen LogP contribution in [0.15, 0.2) is 36.7 Å². The van der Waals surface area contributed by atoms with Crippen LogP contribution in [0.5, 0.6) is 0 Å². The lowest BCUT2D eigenvalue weighted by molar-refractivity contribution is -0.385. The molecule has 7 nitrogen and oxygen atoms in total. The van der Waals surface area contributed by atoms with Crippen molar-refractivity contribution in [3.05, 3.63) is 63.7 Å². The lowest BCUT2D eigenvalue weighted by Gasteiger charge is -1.96. The van der Waals surface area contributed by atoms with Crippen LogP contribution in [-0.2, 0) is 0 Å². The number of aromatic nitrogens is 2. The minimum absolute atomic E-state index is 0.0777. The Bertz CT molecular complexity index is 604. The van der Waals surface area contributed by atoms with E-state index in [9.17, 15) is 14.9 Å². The number of hydrogen-bond donors (Lipinski definition) is 1. The number of rotatable bonds is 4. The third-order valence-corrected chi connectivity index (χ3v) is 2.44. The molecule has 2 rings (SSSR count). The molecule has 2 aromatic heterocycles. The van der Waals surface area contributed by atoms with Crippen molar-refractivity contribution in [3.8, 4) is 0 Å². The summed E-state index contributed by atoms with van der Waals surface area (Å²) >= 11 is 0. The lowest BCUT2D eigenvalue weighted by atomic mass is 10.2. The Balaban J connectivity index is 2.12. The third-order valence-electron chi connectivity index (χ3n) is 2.44. The van der Waals surface area contributed by atoms with E-state index in [0.29, 0.717) is 11.4 Å². The molecule has 0 unspecified atom stereocenters. The number of nitro groups is 1. The SMILES string of the molecule is O=C(O)c1ccc(C=Cc2ccc([N+](=O)[O-])cn2)nc1. The zero-order valence-electron chi connectivity index (χ0n) is 10.1. The average molecular weight is 271 g/mol. The highest BCUT2D eigenvalue weighted by Gasteiger charge is 2.04. The molecular weight excluding hydrogens is 262 g/mol. The Morgan fingerprint density at radius 1 is 1.10 bits per heavy atom. The highest BCUT2D eigenvalue weighted by atomic mass is 16.6. The third kappa shape index (κ3) is 3.22. The van der Waals surface area contributed by atoms with E-state index in [-0.39, 0.29) is 11.3 Å². The maximum absolute atomic E-state index is 10.7. The smallest absolute Gasteiger partial charge is 0.337 e. The highest BCUT2D eigenvalue weighted by molar-refractivity contribution is 5.87. The van der Waals surface area contributed by atoms with Crippen molar-refractivity contribution in [2.75, 3.05) is 0 Å². The fourth-order valence-corrected chi connectivity index (χ4v) is 1.41. The van der Waals surface area contributed by atoms with Crippen LogP contribution in [0.4, 0.5) is 5.69 Å². The molecule has 0 aromatic carbocycles. The number of hydrogen-bond acceptors (Lipinski definition) is 5. The van der Waals surface area contributed by atoms with Gasteiger partial charge in [-0.25, -0.2) is 9.78 Å². The van der Waals surface area contributed by atoms with Crippen LogP contribution in [0.3, 0.4) is 0 Å². The van der Waals surface area contributed by atoms with Gasteiger partial charge >= 0.3 is 5.97 Å². The van der Waals surface area contributed by atoms with Crippen LogP contribution < -0.4 is 0 Å². The molecule has 0 spiro atoms. The fourth-order valence-electron chi connectivity index (χ4n) is 1.41. The molecule has 0 saturated carbocycles. The van der Waals surface area contributed by atoms with Crippen LogP contribution in [-0.4, -0.2) is 26.0 Å². The lowest BCUT2D eigenvalue weighted by Crippen LogP contribution is -1.96. The summed E-state index contributed by atoms with van der Waals surface area (Å²) in [6.45, 7) is 0. The summed E-state index contributed by atoms with van der Waals surface area (Å²) in [6, 6.07) is 5.87. The zero-order valence-corrected chi connectivity index (χ0v) is 10.1. The summed E-state index contributed by atoms with van der Waals surface area (Å²) in [7, 11) is 0. The van der Waals surface area contributed by atoms with Gasteiger partial charge in [-0.05, 0) is 30.4 Å². The number of nitrogens with zero attached hydrogens (tertiary/aromatic N) is 3. The van der Waals surface area contributed by atoms with E-state index in [4.69, 9.17) is 5.11 Å². The van der Waals surface area contributed by atoms with Gasteiger partial charge < -0.3 is 5.11 Å². The summed E-state index contributed by atoms with van der Waals surface area (Å²) in [4.78, 5) is 28.5. The van der Waals surface area contributed by atoms with Crippen molar-refractivity contribution in [3.63, 3.8) is 0 Å². The van der Waals surface area contributed by atoms with Gasteiger partial charge in [0.15, 0.2) is 0 Å². The van der Waals surface area contributed by atoms with Crippen molar-refractivity contribution in [2.24, 2.45) is 0 Å². The predicted octanol–water partition coefficient (Wildman–Crippen LogP) is 2.25. The molecule has 0 aliphatic heterocycles. The molecule has 7 heteroatoms. The first-order valence-electron chi connectivity index (χ1n) is 5.54. The normalized spacial score (nSPS) is 10.6. The highest BCUT2D eigenvalue weighted by Crippen LogP contribution is 2.11. The number of carboxylic acids is 1. The zero-order chi connectivity index (χ0) is 14.5. The summed E-state index contributed by atoms with van der Waals surface area (Å²) < 4.78 is 0. The standard InChI is InChI=1S/C13H9N3O4/c17-13(18)9-1-2-10(14-7-9)3-4-11-5-6-12(8-15-11)16(19)20/h1-8H,(H,17,18). The number of pyridine rings is 2. The molecule has 0 radical (unpaired) electrons. The van der Waals surface area contributed by atoms with E-state index in [1.165, 1.54) is 30.6 Å².